The SMILES string of the molecule is CC/C=C\C/C=C\C/C=C\C/C=C\CCCCCCC(=O)OC(COCCCCCCCCCCCCCC)COC1OC(CO)C(O)C(OS(=O)(=O)O)C1O. The van der Waals surface area contributed by atoms with Crippen molar-refractivity contribution in [3.63, 3.8) is 0 Å². The molecule has 6 unspecified atom stereocenters. The van der Waals surface area contributed by atoms with E-state index in [1.807, 2.05) is 0 Å². The van der Waals surface area contributed by atoms with Crippen LogP contribution in [0, 0.1) is 0 Å². The fourth-order valence-electron chi connectivity index (χ4n) is 6.25. The van der Waals surface area contributed by atoms with Gasteiger partial charge in [0.15, 0.2) is 6.29 Å². The Bertz CT molecular complexity index is 1170. The second-order valence-electron chi connectivity index (χ2n) is 14.6. The molecule has 0 spiro atoms. The largest absolute Gasteiger partial charge is 0.457 e. The summed E-state index contributed by atoms with van der Waals surface area (Å²) in [6, 6.07) is 0. The summed E-state index contributed by atoms with van der Waals surface area (Å²) in [4.78, 5) is 12.8. The molecule has 1 heterocycles. The number of carbonyl (C=O) groups excluding carboxylic acids is 1. The first-order valence-electron chi connectivity index (χ1n) is 21.4. The first kappa shape index (κ1) is 52.1. The molecule has 326 valence electrons. The zero-order chi connectivity index (χ0) is 41.1. The van der Waals surface area contributed by atoms with E-state index in [1.165, 1.54) is 57.8 Å². The summed E-state index contributed by atoms with van der Waals surface area (Å²) in [6.07, 6.45) is 31.4. The molecule has 0 aliphatic carbocycles. The van der Waals surface area contributed by atoms with Crippen LogP contribution >= 0.6 is 0 Å². The second kappa shape index (κ2) is 35.0. The van der Waals surface area contributed by atoms with Gasteiger partial charge in [-0.05, 0) is 51.4 Å². The number of hydrogen-bond donors (Lipinski definition) is 4. The second-order valence-corrected chi connectivity index (χ2v) is 15.6. The number of rotatable bonds is 36. The van der Waals surface area contributed by atoms with E-state index in [4.69, 9.17) is 23.5 Å². The van der Waals surface area contributed by atoms with E-state index in [1.54, 1.807) is 0 Å². The summed E-state index contributed by atoms with van der Waals surface area (Å²) >= 11 is 0. The topological polar surface area (TPSA) is 178 Å². The lowest BCUT2D eigenvalue weighted by molar-refractivity contribution is -0.301. The predicted octanol–water partition coefficient (Wildman–Crippen LogP) is 8.41. The Kier molecular flexibility index (Phi) is 32.6. The van der Waals surface area contributed by atoms with Crippen LogP contribution in [0.1, 0.15) is 155 Å². The van der Waals surface area contributed by atoms with Crippen LogP contribution in [-0.4, -0.2) is 97.5 Å². The van der Waals surface area contributed by atoms with Crippen molar-refractivity contribution in [2.75, 3.05) is 26.4 Å². The predicted molar refractivity (Wildman–Crippen MR) is 220 cm³/mol. The van der Waals surface area contributed by atoms with Crippen molar-refractivity contribution in [1.82, 2.24) is 0 Å². The minimum absolute atomic E-state index is 0.0262. The molecular formula is C43H76O12S. The highest BCUT2D eigenvalue weighted by Gasteiger charge is 2.48. The number of aliphatic hydroxyl groups is 3. The molecule has 1 rings (SSSR count). The zero-order valence-electron chi connectivity index (χ0n) is 34.4. The van der Waals surface area contributed by atoms with Gasteiger partial charge in [0, 0.05) is 13.0 Å². The van der Waals surface area contributed by atoms with Crippen molar-refractivity contribution in [2.24, 2.45) is 0 Å². The maximum absolute atomic E-state index is 12.8. The van der Waals surface area contributed by atoms with Gasteiger partial charge in [-0.25, -0.2) is 4.18 Å². The van der Waals surface area contributed by atoms with Crippen LogP contribution in [0.4, 0.5) is 0 Å². The Morgan fingerprint density at radius 3 is 1.80 bits per heavy atom. The molecule has 13 heteroatoms. The van der Waals surface area contributed by atoms with Crippen LogP contribution in [0.15, 0.2) is 48.6 Å². The van der Waals surface area contributed by atoms with E-state index in [0.717, 1.165) is 70.6 Å². The van der Waals surface area contributed by atoms with Crippen molar-refractivity contribution < 1.29 is 56.2 Å². The van der Waals surface area contributed by atoms with Gasteiger partial charge < -0.3 is 34.3 Å². The Balaban J connectivity index is 2.48. The van der Waals surface area contributed by atoms with Crippen molar-refractivity contribution in [3.8, 4) is 0 Å². The van der Waals surface area contributed by atoms with E-state index in [-0.39, 0.29) is 19.6 Å². The highest BCUT2D eigenvalue weighted by atomic mass is 32.3. The smallest absolute Gasteiger partial charge is 0.397 e. The van der Waals surface area contributed by atoms with Gasteiger partial charge in [-0.1, -0.05) is 146 Å². The summed E-state index contributed by atoms with van der Waals surface area (Å²) < 4.78 is 58.9. The lowest BCUT2D eigenvalue weighted by Gasteiger charge is -2.41. The summed E-state index contributed by atoms with van der Waals surface area (Å²) in [7, 11) is -5.06. The minimum Gasteiger partial charge on any atom is -0.457 e. The number of hydrogen-bond acceptors (Lipinski definition) is 11. The molecule has 56 heavy (non-hydrogen) atoms. The number of allylic oxidation sites excluding steroid dienone is 8. The van der Waals surface area contributed by atoms with E-state index < -0.39 is 59.8 Å². The van der Waals surface area contributed by atoms with Crippen LogP contribution in [0.2, 0.25) is 0 Å². The Labute approximate surface area is 338 Å². The molecule has 1 fully saturated rings. The molecule has 12 nitrogen and oxygen atoms in total. The average molecular weight is 817 g/mol. The van der Waals surface area contributed by atoms with Gasteiger partial charge >= 0.3 is 16.4 Å². The zero-order valence-corrected chi connectivity index (χ0v) is 35.2. The highest BCUT2D eigenvalue weighted by Crippen LogP contribution is 2.26. The normalized spacial score (nSPS) is 21.3. The van der Waals surface area contributed by atoms with Gasteiger partial charge in [0.1, 0.15) is 30.5 Å². The monoisotopic (exact) mass is 817 g/mol. The van der Waals surface area contributed by atoms with Gasteiger partial charge in [0.2, 0.25) is 0 Å². The Morgan fingerprint density at radius 1 is 0.696 bits per heavy atom. The molecule has 1 aliphatic rings. The van der Waals surface area contributed by atoms with Crippen molar-refractivity contribution >= 4 is 16.4 Å². The highest BCUT2D eigenvalue weighted by molar-refractivity contribution is 7.80. The fourth-order valence-corrected chi connectivity index (χ4v) is 6.76. The molecule has 0 aromatic carbocycles. The summed E-state index contributed by atoms with van der Waals surface area (Å²) in [6.45, 7) is 3.83. The van der Waals surface area contributed by atoms with Crippen molar-refractivity contribution in [3.05, 3.63) is 48.6 Å². The summed E-state index contributed by atoms with van der Waals surface area (Å²) in [5.74, 6) is -0.423. The quantitative estimate of drug-likeness (QED) is 0.0206. The summed E-state index contributed by atoms with van der Waals surface area (Å²) in [5, 5.41) is 30.6. The molecule has 1 saturated heterocycles. The van der Waals surface area contributed by atoms with Crippen LogP contribution in [-0.2, 0) is 38.3 Å². The van der Waals surface area contributed by atoms with Crippen LogP contribution in [0.5, 0.6) is 0 Å². The number of esters is 1. The molecule has 4 N–H and O–H groups in total. The molecule has 1 aliphatic heterocycles. The van der Waals surface area contributed by atoms with Gasteiger partial charge in [0.05, 0.1) is 19.8 Å². The van der Waals surface area contributed by atoms with E-state index in [9.17, 15) is 28.5 Å². The van der Waals surface area contributed by atoms with E-state index in [0.29, 0.717) is 13.0 Å². The molecule has 0 aromatic rings. The average Bonchev–Trinajstić information content (AvgIpc) is 3.17. The van der Waals surface area contributed by atoms with Crippen LogP contribution in [0.3, 0.4) is 0 Å². The Morgan fingerprint density at radius 2 is 1.23 bits per heavy atom. The number of unbranched alkanes of at least 4 members (excludes halogenated alkanes) is 15. The Hall–Kier alpha value is -1.94. The van der Waals surface area contributed by atoms with E-state index >= 15 is 0 Å². The molecule has 0 amide bonds. The van der Waals surface area contributed by atoms with Gasteiger partial charge in [-0.3, -0.25) is 9.35 Å². The maximum atomic E-state index is 12.8. The fraction of sp³-hybridized carbons (Fsp3) is 0.791. The minimum atomic E-state index is -5.06. The van der Waals surface area contributed by atoms with Gasteiger partial charge in [0.25, 0.3) is 0 Å². The van der Waals surface area contributed by atoms with Crippen LogP contribution < -0.4 is 0 Å². The molecule has 6 atom stereocenters. The number of ether oxygens (including phenoxy) is 4. The van der Waals surface area contributed by atoms with Gasteiger partial charge in [-0.15, -0.1) is 0 Å². The molecule has 0 aromatic heterocycles. The number of aliphatic hydroxyl groups excluding tert-OH is 3. The molecule has 0 saturated carbocycles. The summed E-state index contributed by atoms with van der Waals surface area (Å²) in [5.41, 5.74) is 0. The first-order chi connectivity index (χ1) is 27.1. The first-order valence-corrected chi connectivity index (χ1v) is 22.8. The third kappa shape index (κ3) is 28.5. The molecular weight excluding hydrogens is 741 g/mol. The number of carbonyl (C=O) groups is 1. The third-order valence-corrected chi connectivity index (χ3v) is 9.93. The van der Waals surface area contributed by atoms with Crippen molar-refractivity contribution in [2.45, 2.75) is 192 Å². The lowest BCUT2D eigenvalue weighted by atomic mass is 9.99. The standard InChI is InChI=1S/C43H76O12S/c1-3-5-7-9-11-13-15-17-18-19-20-21-22-24-26-28-30-32-39(45)53-37(35-51-33-31-29-27-25-23-16-14-12-10-8-6-4-2)36-52-43-41(47)42(55-56(48,49)50)40(46)38(34-44)54-43/h5,7,11,13,17-18,20-21,37-38,40-44,46-47H,3-4,6,8-10,12,14-16,19,22-36H2,1-2H3,(H,48,49,50)/b7-5-,13-11-,18-17-,21-20-. The lowest BCUT2D eigenvalue weighted by Crippen LogP contribution is -2.60. The molecule has 0 bridgehead atoms. The van der Waals surface area contributed by atoms with Crippen LogP contribution in [0.25, 0.3) is 0 Å². The van der Waals surface area contributed by atoms with Gasteiger partial charge in [-0.2, -0.15) is 8.42 Å². The molecule has 0 radical (unpaired) electrons. The maximum Gasteiger partial charge on any atom is 0.397 e. The van der Waals surface area contributed by atoms with Crippen molar-refractivity contribution in [1.29, 1.82) is 0 Å². The third-order valence-electron chi connectivity index (χ3n) is 9.47. The van der Waals surface area contributed by atoms with E-state index in [2.05, 4.69) is 66.6 Å².